The Hall–Kier alpha value is -1.09. The molecule has 0 aliphatic heterocycles. The predicted molar refractivity (Wildman–Crippen MR) is 68.8 cm³/mol. The number of benzene rings is 1. The van der Waals surface area contributed by atoms with E-state index in [4.69, 9.17) is 4.74 Å². The highest BCUT2D eigenvalue weighted by molar-refractivity contribution is 5.29. The van der Waals surface area contributed by atoms with E-state index in [1.807, 2.05) is 6.07 Å². The standard InChI is InChI=1S/C14H22FNO/c1-4-8-16(9-5-2)11-12-6-7-14(17-3)13(15)10-12/h6-7,10H,4-5,8-9,11H2,1-3H3. The highest BCUT2D eigenvalue weighted by Gasteiger charge is 2.07. The van der Waals surface area contributed by atoms with E-state index in [1.54, 1.807) is 12.1 Å². The van der Waals surface area contributed by atoms with Crippen molar-refractivity contribution < 1.29 is 9.13 Å². The van der Waals surface area contributed by atoms with Gasteiger partial charge in [-0.2, -0.15) is 0 Å². The van der Waals surface area contributed by atoms with Gasteiger partial charge in [-0.05, 0) is 43.6 Å². The minimum absolute atomic E-state index is 0.280. The Morgan fingerprint density at radius 3 is 2.29 bits per heavy atom. The number of methoxy groups -OCH3 is 1. The first-order chi connectivity index (χ1) is 8.21. The Bertz CT molecular complexity index is 335. The molecule has 0 aliphatic carbocycles. The molecule has 0 N–H and O–H groups in total. The van der Waals surface area contributed by atoms with E-state index in [9.17, 15) is 4.39 Å². The van der Waals surface area contributed by atoms with Crippen LogP contribution in [0.1, 0.15) is 32.3 Å². The first kappa shape index (κ1) is 14.0. The van der Waals surface area contributed by atoms with Gasteiger partial charge < -0.3 is 4.74 Å². The fourth-order valence-corrected chi connectivity index (χ4v) is 1.97. The molecule has 0 radical (unpaired) electrons. The van der Waals surface area contributed by atoms with E-state index in [-0.39, 0.29) is 5.82 Å². The molecule has 0 heterocycles. The van der Waals surface area contributed by atoms with Crippen LogP contribution in [0, 0.1) is 5.82 Å². The maximum absolute atomic E-state index is 13.5. The normalized spacial score (nSPS) is 10.9. The predicted octanol–water partition coefficient (Wildman–Crippen LogP) is 3.46. The molecule has 1 aromatic carbocycles. The van der Waals surface area contributed by atoms with Gasteiger partial charge in [0.2, 0.25) is 0 Å². The quantitative estimate of drug-likeness (QED) is 0.722. The van der Waals surface area contributed by atoms with Crippen LogP contribution in [0.15, 0.2) is 18.2 Å². The van der Waals surface area contributed by atoms with Crippen molar-refractivity contribution in [3.05, 3.63) is 29.6 Å². The van der Waals surface area contributed by atoms with Gasteiger partial charge in [0.15, 0.2) is 11.6 Å². The summed E-state index contributed by atoms with van der Waals surface area (Å²) in [4.78, 5) is 2.35. The van der Waals surface area contributed by atoms with Gasteiger partial charge in [0.05, 0.1) is 7.11 Å². The Morgan fingerprint density at radius 2 is 1.82 bits per heavy atom. The van der Waals surface area contributed by atoms with Crippen LogP contribution in [0.5, 0.6) is 5.75 Å². The van der Waals surface area contributed by atoms with Crippen molar-refractivity contribution in [3.63, 3.8) is 0 Å². The Kier molecular flexibility index (Phi) is 5.98. The zero-order valence-electron chi connectivity index (χ0n) is 11.0. The summed E-state index contributed by atoms with van der Waals surface area (Å²) in [6.07, 6.45) is 2.25. The zero-order valence-corrected chi connectivity index (χ0v) is 11.0. The molecule has 0 unspecified atom stereocenters. The Morgan fingerprint density at radius 1 is 1.18 bits per heavy atom. The lowest BCUT2D eigenvalue weighted by Crippen LogP contribution is -2.24. The summed E-state index contributed by atoms with van der Waals surface area (Å²) in [5, 5.41) is 0. The molecule has 17 heavy (non-hydrogen) atoms. The van der Waals surface area contributed by atoms with E-state index in [2.05, 4.69) is 18.7 Å². The van der Waals surface area contributed by atoms with Gasteiger partial charge >= 0.3 is 0 Å². The first-order valence-electron chi connectivity index (χ1n) is 6.26. The zero-order chi connectivity index (χ0) is 12.7. The van der Waals surface area contributed by atoms with E-state index in [1.165, 1.54) is 7.11 Å². The second-order valence-electron chi connectivity index (χ2n) is 4.25. The lowest BCUT2D eigenvalue weighted by molar-refractivity contribution is 0.266. The number of ether oxygens (including phenoxy) is 1. The molecule has 1 aromatic rings. The van der Waals surface area contributed by atoms with Crippen molar-refractivity contribution in [2.45, 2.75) is 33.2 Å². The van der Waals surface area contributed by atoms with Crippen LogP contribution in [0.3, 0.4) is 0 Å². The molecule has 0 saturated heterocycles. The second-order valence-corrected chi connectivity index (χ2v) is 4.25. The fraction of sp³-hybridized carbons (Fsp3) is 0.571. The summed E-state index contributed by atoms with van der Waals surface area (Å²) in [7, 11) is 1.48. The summed E-state index contributed by atoms with van der Waals surface area (Å²) < 4.78 is 18.4. The third-order valence-corrected chi connectivity index (χ3v) is 2.70. The van der Waals surface area contributed by atoms with Crippen LogP contribution in [0.4, 0.5) is 4.39 Å². The fourth-order valence-electron chi connectivity index (χ4n) is 1.97. The van der Waals surface area contributed by atoms with Crippen LogP contribution in [0.25, 0.3) is 0 Å². The van der Waals surface area contributed by atoms with Crippen LogP contribution >= 0.6 is 0 Å². The second kappa shape index (κ2) is 7.28. The maximum Gasteiger partial charge on any atom is 0.165 e. The van der Waals surface area contributed by atoms with Gasteiger partial charge in [0, 0.05) is 6.54 Å². The third-order valence-electron chi connectivity index (χ3n) is 2.70. The van der Waals surface area contributed by atoms with Gasteiger partial charge in [-0.15, -0.1) is 0 Å². The van der Waals surface area contributed by atoms with Crippen molar-refractivity contribution in [1.82, 2.24) is 4.90 Å². The summed E-state index contributed by atoms with van der Waals surface area (Å²) in [5.74, 6) is 0.0317. The molecule has 0 amide bonds. The number of halogens is 1. The minimum Gasteiger partial charge on any atom is -0.494 e. The number of hydrogen-bond donors (Lipinski definition) is 0. The largest absolute Gasteiger partial charge is 0.494 e. The average Bonchev–Trinajstić information content (AvgIpc) is 2.30. The molecule has 0 aliphatic rings. The van der Waals surface area contributed by atoms with Crippen molar-refractivity contribution >= 4 is 0 Å². The molecular weight excluding hydrogens is 217 g/mol. The first-order valence-corrected chi connectivity index (χ1v) is 6.26. The molecule has 0 saturated carbocycles. The topological polar surface area (TPSA) is 12.5 Å². The highest BCUT2D eigenvalue weighted by Crippen LogP contribution is 2.18. The summed E-state index contributed by atoms with van der Waals surface area (Å²) in [6.45, 7) is 7.25. The Balaban J connectivity index is 2.68. The van der Waals surface area contributed by atoms with Gasteiger partial charge in [-0.3, -0.25) is 4.90 Å². The number of hydrogen-bond acceptors (Lipinski definition) is 2. The molecule has 0 spiro atoms. The van der Waals surface area contributed by atoms with Crippen molar-refractivity contribution in [2.75, 3.05) is 20.2 Å². The summed E-state index contributed by atoms with van der Waals surface area (Å²) in [6, 6.07) is 5.19. The molecular formula is C14H22FNO. The van der Waals surface area contributed by atoms with Crippen LogP contribution in [0.2, 0.25) is 0 Å². The lowest BCUT2D eigenvalue weighted by Gasteiger charge is -2.21. The van der Waals surface area contributed by atoms with Crippen LogP contribution in [-0.4, -0.2) is 25.1 Å². The van der Waals surface area contributed by atoms with Crippen molar-refractivity contribution in [3.8, 4) is 5.75 Å². The minimum atomic E-state index is -0.280. The van der Waals surface area contributed by atoms with Crippen LogP contribution < -0.4 is 4.74 Å². The third kappa shape index (κ3) is 4.35. The monoisotopic (exact) mass is 239 g/mol. The molecule has 0 atom stereocenters. The van der Waals surface area contributed by atoms with Gasteiger partial charge in [0.1, 0.15) is 0 Å². The van der Waals surface area contributed by atoms with Crippen molar-refractivity contribution in [1.29, 1.82) is 0 Å². The SMILES string of the molecule is CCCN(CCC)Cc1ccc(OC)c(F)c1. The maximum atomic E-state index is 13.5. The lowest BCUT2D eigenvalue weighted by atomic mass is 10.2. The molecule has 0 aromatic heterocycles. The summed E-state index contributed by atoms with van der Waals surface area (Å²) in [5.41, 5.74) is 1.00. The van der Waals surface area contributed by atoms with Crippen LogP contribution in [-0.2, 0) is 6.54 Å². The van der Waals surface area contributed by atoms with Gasteiger partial charge in [-0.25, -0.2) is 4.39 Å². The van der Waals surface area contributed by atoms with E-state index in [0.29, 0.717) is 5.75 Å². The van der Waals surface area contributed by atoms with E-state index < -0.39 is 0 Å². The molecule has 3 heteroatoms. The molecule has 0 bridgehead atoms. The number of rotatable bonds is 7. The molecule has 96 valence electrons. The van der Waals surface area contributed by atoms with Gasteiger partial charge in [-0.1, -0.05) is 19.9 Å². The molecule has 2 nitrogen and oxygen atoms in total. The average molecular weight is 239 g/mol. The van der Waals surface area contributed by atoms with E-state index >= 15 is 0 Å². The Labute approximate surface area is 103 Å². The highest BCUT2D eigenvalue weighted by atomic mass is 19.1. The smallest absolute Gasteiger partial charge is 0.165 e. The summed E-state index contributed by atoms with van der Waals surface area (Å²) >= 11 is 0. The van der Waals surface area contributed by atoms with E-state index in [0.717, 1.165) is 38.0 Å². The number of nitrogens with zero attached hydrogens (tertiary/aromatic N) is 1. The molecule has 1 rings (SSSR count). The van der Waals surface area contributed by atoms with Gasteiger partial charge in [0.25, 0.3) is 0 Å². The molecule has 0 fully saturated rings. The van der Waals surface area contributed by atoms with Crippen molar-refractivity contribution in [2.24, 2.45) is 0 Å².